The molecule has 0 bridgehead atoms. The van der Waals surface area contributed by atoms with Gasteiger partial charge in [0.2, 0.25) is 5.91 Å². The van der Waals surface area contributed by atoms with Gasteiger partial charge in [-0.3, -0.25) is 19.5 Å². The summed E-state index contributed by atoms with van der Waals surface area (Å²) in [4.78, 5) is 27.5. The molecule has 4 rings (SSSR count). The van der Waals surface area contributed by atoms with E-state index in [-0.39, 0.29) is 27.8 Å². The number of aromatic nitrogens is 2. The third kappa shape index (κ3) is 4.70. The normalized spacial score (nSPS) is 15.2. The van der Waals surface area contributed by atoms with Gasteiger partial charge in [-0.2, -0.15) is 18.4 Å². The molecule has 176 valence electrons. The monoisotopic (exact) mass is 489 g/mol. The number of halogens is 3. The largest absolute Gasteiger partial charge is 0.416 e. The molecule has 0 aliphatic heterocycles. The lowest BCUT2D eigenvalue weighted by atomic mass is 10.0. The maximum atomic E-state index is 13.3. The molecule has 1 fully saturated rings. The van der Waals surface area contributed by atoms with Crippen LogP contribution >= 0.6 is 11.8 Å². The minimum Gasteiger partial charge on any atom is -0.337 e. The Kier molecular flexibility index (Phi) is 6.22. The Hall–Kier alpha value is -3.59. The zero-order valence-electron chi connectivity index (χ0n) is 17.6. The van der Waals surface area contributed by atoms with Gasteiger partial charge in [0.05, 0.1) is 33.3 Å². The molecular weight excluding hydrogens is 471 g/mol. The average molecular weight is 489 g/mol. The van der Waals surface area contributed by atoms with Crippen LogP contribution in [0.25, 0.3) is 16.7 Å². The predicted molar refractivity (Wildman–Crippen MR) is 118 cm³/mol. The van der Waals surface area contributed by atoms with E-state index < -0.39 is 28.1 Å². The van der Waals surface area contributed by atoms with Crippen LogP contribution in [0.15, 0.2) is 47.6 Å². The fourth-order valence-corrected chi connectivity index (χ4v) is 4.83. The Labute approximate surface area is 195 Å². The smallest absolute Gasteiger partial charge is 0.337 e. The predicted octanol–water partition coefficient (Wildman–Crippen LogP) is 5.00. The van der Waals surface area contributed by atoms with E-state index in [0.29, 0.717) is 18.4 Å². The number of thioether (sulfide) groups is 1. The minimum absolute atomic E-state index is 0.131. The van der Waals surface area contributed by atoms with E-state index in [1.807, 2.05) is 0 Å². The van der Waals surface area contributed by atoms with E-state index in [0.717, 1.165) is 36.7 Å². The van der Waals surface area contributed by atoms with Gasteiger partial charge in [0.15, 0.2) is 5.16 Å². The van der Waals surface area contributed by atoms with Crippen molar-refractivity contribution < 1.29 is 22.9 Å². The van der Waals surface area contributed by atoms with Crippen molar-refractivity contribution in [1.82, 2.24) is 14.9 Å². The van der Waals surface area contributed by atoms with Crippen LogP contribution in [0.2, 0.25) is 0 Å². The lowest BCUT2D eigenvalue weighted by Crippen LogP contribution is -2.45. The van der Waals surface area contributed by atoms with Crippen molar-refractivity contribution in [2.45, 2.75) is 42.6 Å². The van der Waals surface area contributed by atoms with Gasteiger partial charge in [0.1, 0.15) is 5.54 Å². The van der Waals surface area contributed by atoms with Crippen molar-refractivity contribution in [3.05, 3.63) is 58.1 Å². The highest BCUT2D eigenvalue weighted by atomic mass is 32.2. The lowest BCUT2D eigenvalue weighted by Gasteiger charge is -2.21. The van der Waals surface area contributed by atoms with Crippen molar-refractivity contribution in [2.24, 2.45) is 0 Å². The number of nitro benzene ring substituents is 1. The Morgan fingerprint density at radius 1 is 1.26 bits per heavy atom. The second-order valence-corrected chi connectivity index (χ2v) is 8.89. The van der Waals surface area contributed by atoms with E-state index in [1.54, 1.807) is 0 Å². The summed E-state index contributed by atoms with van der Waals surface area (Å²) in [5.41, 5.74) is -1.26. The van der Waals surface area contributed by atoms with Crippen LogP contribution in [-0.4, -0.2) is 31.7 Å². The van der Waals surface area contributed by atoms with Crippen LogP contribution in [0.1, 0.15) is 31.2 Å². The molecule has 0 unspecified atom stereocenters. The quantitative estimate of drug-likeness (QED) is 0.296. The summed E-state index contributed by atoms with van der Waals surface area (Å²) in [6, 6.07) is 10.7. The third-order valence-electron chi connectivity index (χ3n) is 5.63. The third-order valence-corrected chi connectivity index (χ3v) is 6.57. The fraction of sp³-hybridized carbons (Fsp3) is 0.318. The zero-order valence-corrected chi connectivity index (χ0v) is 18.4. The highest BCUT2D eigenvalue weighted by Gasteiger charge is 2.35. The van der Waals surface area contributed by atoms with Gasteiger partial charge in [-0.25, -0.2) is 4.98 Å². The first kappa shape index (κ1) is 23.6. The van der Waals surface area contributed by atoms with Gasteiger partial charge in [-0.05, 0) is 49.9 Å². The molecule has 0 radical (unpaired) electrons. The fourth-order valence-electron chi connectivity index (χ4n) is 4.00. The molecule has 34 heavy (non-hydrogen) atoms. The van der Waals surface area contributed by atoms with E-state index in [1.165, 1.54) is 34.9 Å². The molecule has 2 aromatic carbocycles. The summed E-state index contributed by atoms with van der Waals surface area (Å²) in [5, 5.41) is 23.6. The van der Waals surface area contributed by atoms with Crippen LogP contribution in [0, 0.1) is 21.4 Å². The lowest BCUT2D eigenvalue weighted by molar-refractivity contribution is -0.384. The minimum atomic E-state index is -4.56. The molecule has 0 spiro atoms. The summed E-state index contributed by atoms with van der Waals surface area (Å²) in [6.45, 7) is 0. The van der Waals surface area contributed by atoms with E-state index >= 15 is 0 Å². The van der Waals surface area contributed by atoms with Crippen molar-refractivity contribution in [3.8, 4) is 11.8 Å². The van der Waals surface area contributed by atoms with E-state index in [9.17, 15) is 33.3 Å². The first-order chi connectivity index (χ1) is 16.1. The molecule has 1 heterocycles. The molecule has 0 atom stereocenters. The number of nitriles is 1. The zero-order chi connectivity index (χ0) is 24.5. The maximum Gasteiger partial charge on any atom is 0.416 e. The number of fused-ring (bicyclic) bond motifs is 1. The molecule has 1 saturated carbocycles. The Bertz CT molecular complexity index is 1310. The number of carbonyl (C=O) groups is 1. The van der Waals surface area contributed by atoms with Crippen LogP contribution < -0.4 is 5.32 Å². The number of nitrogens with zero attached hydrogens (tertiary/aromatic N) is 4. The molecule has 1 aliphatic rings. The SMILES string of the molecule is N#CC1(NC(=O)CSc2nc3cc([N+](=O)[O-])ccc3n2-c2cccc(C(F)(F)F)c2)CCCC1. The summed E-state index contributed by atoms with van der Waals surface area (Å²) in [6.07, 6.45) is -1.76. The van der Waals surface area contributed by atoms with Gasteiger partial charge < -0.3 is 5.32 Å². The molecule has 12 heteroatoms. The highest BCUT2D eigenvalue weighted by Crippen LogP contribution is 2.34. The first-order valence-corrected chi connectivity index (χ1v) is 11.3. The van der Waals surface area contributed by atoms with Crippen LogP contribution in [0.5, 0.6) is 0 Å². The number of hydrogen-bond acceptors (Lipinski definition) is 6. The van der Waals surface area contributed by atoms with Gasteiger partial charge >= 0.3 is 6.18 Å². The molecule has 1 aromatic heterocycles. The molecule has 1 N–H and O–H groups in total. The Morgan fingerprint density at radius 3 is 2.65 bits per heavy atom. The first-order valence-electron chi connectivity index (χ1n) is 10.3. The van der Waals surface area contributed by atoms with Gasteiger partial charge in [0.25, 0.3) is 5.69 Å². The van der Waals surface area contributed by atoms with Crippen LogP contribution in [0.4, 0.5) is 18.9 Å². The second kappa shape index (κ2) is 8.98. The highest BCUT2D eigenvalue weighted by molar-refractivity contribution is 7.99. The Morgan fingerprint density at radius 2 is 2.00 bits per heavy atom. The summed E-state index contributed by atoms with van der Waals surface area (Å²) in [7, 11) is 0. The molecule has 0 saturated heterocycles. The number of nitrogens with one attached hydrogen (secondary N) is 1. The summed E-state index contributed by atoms with van der Waals surface area (Å²) < 4.78 is 41.3. The number of non-ortho nitro benzene ring substituents is 1. The van der Waals surface area contributed by atoms with Crippen molar-refractivity contribution in [2.75, 3.05) is 5.75 Å². The molecular formula is C22H18F3N5O3S. The summed E-state index contributed by atoms with van der Waals surface area (Å²) in [5.74, 6) is -0.532. The van der Waals surface area contributed by atoms with Crippen molar-refractivity contribution >= 4 is 34.4 Å². The maximum absolute atomic E-state index is 13.3. The number of hydrogen-bond donors (Lipinski definition) is 1. The van der Waals surface area contributed by atoms with E-state index in [4.69, 9.17) is 0 Å². The molecule has 3 aromatic rings. The summed E-state index contributed by atoms with van der Waals surface area (Å²) >= 11 is 0.975. The van der Waals surface area contributed by atoms with Crippen LogP contribution in [-0.2, 0) is 11.0 Å². The molecule has 1 aliphatic carbocycles. The van der Waals surface area contributed by atoms with Crippen LogP contribution in [0.3, 0.4) is 0 Å². The number of alkyl halides is 3. The number of imidazole rings is 1. The average Bonchev–Trinajstić information content (AvgIpc) is 3.41. The number of rotatable bonds is 6. The van der Waals surface area contributed by atoms with Gasteiger partial charge in [-0.15, -0.1) is 0 Å². The number of nitro groups is 1. The molecule has 1 amide bonds. The second-order valence-electron chi connectivity index (χ2n) is 7.95. The van der Waals surface area contributed by atoms with E-state index in [2.05, 4.69) is 16.4 Å². The van der Waals surface area contributed by atoms with Gasteiger partial charge in [-0.1, -0.05) is 17.8 Å². The standard InChI is InChI=1S/C22H18F3N5O3S/c23-22(24,25)14-4-3-5-15(10-14)29-18-7-6-16(30(32)33)11-17(18)27-20(29)34-12-19(31)28-21(13-26)8-1-2-9-21/h3-7,10-11H,1-2,8-9,12H2,(H,28,31). The van der Waals surface area contributed by atoms with Gasteiger partial charge in [0, 0.05) is 17.8 Å². The van der Waals surface area contributed by atoms with Crippen molar-refractivity contribution in [3.63, 3.8) is 0 Å². The van der Waals surface area contributed by atoms with Crippen molar-refractivity contribution in [1.29, 1.82) is 5.26 Å². The number of carbonyl (C=O) groups excluding carboxylic acids is 1. The number of amides is 1. The topological polar surface area (TPSA) is 114 Å². The Balaban J connectivity index is 1.70. The molecule has 8 nitrogen and oxygen atoms in total. The number of benzene rings is 2.